The number of aromatic nitrogens is 5. The monoisotopic (exact) mass is 1040 g/mol. The van der Waals surface area contributed by atoms with E-state index >= 15 is 0 Å². The summed E-state index contributed by atoms with van der Waals surface area (Å²) in [6.07, 6.45) is 0. The number of rotatable bonds is 6. The molecular weight excluding hydrogens is 999 g/mol. The van der Waals surface area contributed by atoms with Crippen LogP contribution in [0.2, 0.25) is 0 Å². The van der Waals surface area contributed by atoms with E-state index in [2.05, 4.69) is 258 Å². The molecule has 0 radical (unpaired) electrons. The zero-order valence-corrected chi connectivity index (χ0v) is 44.1. The van der Waals surface area contributed by atoms with E-state index in [1.54, 1.807) is 0 Å². The highest BCUT2D eigenvalue weighted by Gasteiger charge is 2.54. The third kappa shape index (κ3) is 6.04. The number of fused-ring (bicyclic) bond motifs is 22. The molecule has 0 N–H and O–H groups in total. The first-order valence-corrected chi connectivity index (χ1v) is 28.0. The van der Waals surface area contributed by atoms with Crippen LogP contribution in [0.25, 0.3) is 144 Å². The molecule has 4 heterocycles. The fraction of sp³-hybridized carbons (Fsp3) is 0.0132. The van der Waals surface area contributed by atoms with Gasteiger partial charge < -0.3 is 13.6 Å². The summed E-state index contributed by atoms with van der Waals surface area (Å²) < 4.78 is 12.4. The Bertz CT molecular complexity index is 5280. The third-order valence-corrected chi connectivity index (χ3v) is 17.6. The molecule has 18 rings (SSSR count). The van der Waals surface area contributed by atoms with Crippen LogP contribution in [0.15, 0.2) is 277 Å². The first kappa shape index (κ1) is 45.0. The van der Waals surface area contributed by atoms with Gasteiger partial charge >= 0.3 is 0 Å². The number of para-hydroxylation sites is 4. The average molecular weight is 1040 g/mol. The topological polar surface area (TPSA) is 61.7 Å². The molecule has 1 spiro atoms. The number of nitrogens with zero attached hydrogens (tertiary/aromatic N) is 5. The minimum atomic E-state index is -0.661. The van der Waals surface area contributed by atoms with Crippen molar-refractivity contribution >= 4 is 65.6 Å². The smallest absolute Gasteiger partial charge is 0.164 e. The second-order valence-corrected chi connectivity index (χ2v) is 21.7. The van der Waals surface area contributed by atoms with Crippen molar-refractivity contribution in [3.63, 3.8) is 0 Å². The molecule has 4 aromatic heterocycles. The van der Waals surface area contributed by atoms with Crippen LogP contribution in [-0.2, 0) is 5.41 Å². The molecule has 0 bridgehead atoms. The molecular formula is C76H45N5O. The Labute approximate surface area is 471 Å². The second kappa shape index (κ2) is 17.0. The van der Waals surface area contributed by atoms with E-state index in [1.165, 1.54) is 71.6 Å². The quantitative estimate of drug-likeness (QED) is 0.166. The number of furan rings is 1. The van der Waals surface area contributed by atoms with Crippen LogP contribution in [0.3, 0.4) is 0 Å². The van der Waals surface area contributed by atoms with Crippen molar-refractivity contribution < 1.29 is 4.42 Å². The molecule has 0 saturated carbocycles. The van der Waals surface area contributed by atoms with Crippen LogP contribution in [0.4, 0.5) is 0 Å². The van der Waals surface area contributed by atoms with E-state index in [0.29, 0.717) is 17.5 Å². The highest BCUT2D eigenvalue weighted by Crippen LogP contribution is 2.67. The van der Waals surface area contributed by atoms with E-state index < -0.39 is 5.41 Å². The molecule has 0 unspecified atom stereocenters. The van der Waals surface area contributed by atoms with Crippen molar-refractivity contribution in [1.29, 1.82) is 0 Å². The average Bonchev–Trinajstić information content (AvgIpc) is 1.55. The first-order chi connectivity index (χ1) is 40.7. The predicted molar refractivity (Wildman–Crippen MR) is 334 cm³/mol. The summed E-state index contributed by atoms with van der Waals surface area (Å²) in [6, 6.07) is 98.5. The van der Waals surface area contributed by atoms with E-state index in [4.69, 9.17) is 19.4 Å². The van der Waals surface area contributed by atoms with Gasteiger partial charge in [-0.2, -0.15) is 0 Å². The molecule has 16 aromatic rings. The molecule has 82 heavy (non-hydrogen) atoms. The maximum Gasteiger partial charge on any atom is 0.164 e. The van der Waals surface area contributed by atoms with E-state index in [0.717, 1.165) is 77.7 Å². The molecule has 0 fully saturated rings. The SMILES string of the molecule is c1ccc(-c2ccc(-c3nc(-c4ccccc4)nc(-c4ccc(-n5c6ccccc6c6c7c(c8c(c9ccccc9n8-c8ccccc8)c65)-c5ccccc5C75c6ccccc6-c6ccccc65)c5oc6ccccc6c45)n3)cc2)cc1. The van der Waals surface area contributed by atoms with Crippen LogP contribution in [0, 0.1) is 0 Å². The summed E-state index contributed by atoms with van der Waals surface area (Å²) in [6.45, 7) is 0. The van der Waals surface area contributed by atoms with Crippen molar-refractivity contribution in [3.8, 4) is 78.9 Å². The Morgan fingerprint density at radius 1 is 0.317 bits per heavy atom. The lowest BCUT2D eigenvalue weighted by Crippen LogP contribution is -2.26. The van der Waals surface area contributed by atoms with Gasteiger partial charge in [0.25, 0.3) is 0 Å². The lowest BCUT2D eigenvalue weighted by molar-refractivity contribution is 0.666. The van der Waals surface area contributed by atoms with Gasteiger partial charge in [0.2, 0.25) is 0 Å². The Balaban J connectivity index is 0.992. The summed E-state index contributed by atoms with van der Waals surface area (Å²) in [5.41, 5.74) is 22.5. The minimum Gasteiger partial charge on any atom is -0.454 e. The maximum absolute atomic E-state index is 7.36. The lowest BCUT2D eigenvalue weighted by Gasteiger charge is -2.31. The summed E-state index contributed by atoms with van der Waals surface area (Å²) in [5.74, 6) is 1.74. The van der Waals surface area contributed by atoms with Crippen LogP contribution in [-0.4, -0.2) is 24.1 Å². The van der Waals surface area contributed by atoms with Gasteiger partial charge in [0, 0.05) is 60.3 Å². The lowest BCUT2D eigenvalue weighted by atomic mass is 9.69. The van der Waals surface area contributed by atoms with Gasteiger partial charge in [0.05, 0.1) is 33.2 Å². The molecule has 6 heteroatoms. The van der Waals surface area contributed by atoms with Gasteiger partial charge in [0.1, 0.15) is 5.58 Å². The molecule has 0 amide bonds. The fourth-order valence-corrected chi connectivity index (χ4v) is 14.3. The van der Waals surface area contributed by atoms with E-state index in [-0.39, 0.29) is 0 Å². The van der Waals surface area contributed by atoms with Crippen molar-refractivity contribution in [3.05, 3.63) is 295 Å². The van der Waals surface area contributed by atoms with Crippen molar-refractivity contribution in [2.75, 3.05) is 0 Å². The van der Waals surface area contributed by atoms with Gasteiger partial charge in [-0.1, -0.05) is 231 Å². The number of hydrogen-bond acceptors (Lipinski definition) is 4. The summed E-state index contributed by atoms with van der Waals surface area (Å²) >= 11 is 0. The Hall–Kier alpha value is -11.0. The van der Waals surface area contributed by atoms with Crippen LogP contribution in [0.5, 0.6) is 0 Å². The molecule has 2 aliphatic rings. The van der Waals surface area contributed by atoms with Crippen molar-refractivity contribution in [2.24, 2.45) is 0 Å². The molecule has 0 atom stereocenters. The molecule has 0 saturated heterocycles. The Morgan fingerprint density at radius 2 is 0.793 bits per heavy atom. The van der Waals surface area contributed by atoms with Crippen molar-refractivity contribution in [1.82, 2.24) is 24.1 Å². The molecule has 2 aliphatic carbocycles. The molecule has 12 aromatic carbocycles. The van der Waals surface area contributed by atoms with Gasteiger partial charge in [-0.05, 0) is 92.5 Å². The largest absolute Gasteiger partial charge is 0.454 e. The second-order valence-electron chi connectivity index (χ2n) is 21.7. The number of benzene rings is 12. The predicted octanol–water partition coefficient (Wildman–Crippen LogP) is 19.0. The summed E-state index contributed by atoms with van der Waals surface area (Å²) in [4.78, 5) is 15.9. The van der Waals surface area contributed by atoms with E-state index in [1.807, 2.05) is 24.3 Å². The molecule has 0 aliphatic heterocycles. The molecule has 6 nitrogen and oxygen atoms in total. The fourth-order valence-electron chi connectivity index (χ4n) is 14.3. The van der Waals surface area contributed by atoms with Gasteiger partial charge in [-0.25, -0.2) is 15.0 Å². The van der Waals surface area contributed by atoms with Gasteiger partial charge in [-0.15, -0.1) is 0 Å². The van der Waals surface area contributed by atoms with Crippen LogP contribution in [0.1, 0.15) is 22.3 Å². The molecule has 380 valence electrons. The highest BCUT2D eigenvalue weighted by atomic mass is 16.3. The van der Waals surface area contributed by atoms with Gasteiger partial charge in [-0.3, -0.25) is 0 Å². The first-order valence-electron chi connectivity index (χ1n) is 28.0. The Morgan fingerprint density at radius 3 is 1.46 bits per heavy atom. The van der Waals surface area contributed by atoms with Crippen LogP contribution >= 0.6 is 0 Å². The number of hydrogen-bond donors (Lipinski definition) is 0. The summed E-state index contributed by atoms with van der Waals surface area (Å²) in [7, 11) is 0. The van der Waals surface area contributed by atoms with Gasteiger partial charge in [0.15, 0.2) is 23.1 Å². The Kier molecular flexibility index (Phi) is 9.34. The zero-order chi connectivity index (χ0) is 53.6. The maximum atomic E-state index is 7.36. The zero-order valence-electron chi connectivity index (χ0n) is 44.1. The standard InChI is InChI=1S/C76H45N5O/c1-4-22-46(23-5-1)47-40-42-49(43-41-47)74-77-73(48-24-6-2-7-25-48)78-75(79-74)57-44-45-63(72-65(57)56-33-15-21-39-64(56)82-72)81-62-38-20-13-31-54(62)67-69-66(70-68(71(67)81)55-32-14-19-37-61(55)80(70)50-26-8-3-9-27-50)53-30-12-18-36-60(53)76(69)58-34-16-10-28-51(58)52-29-11-17-35-59(52)76/h1-45H. The minimum absolute atomic E-state index is 0.561. The summed E-state index contributed by atoms with van der Waals surface area (Å²) in [5, 5.41) is 6.65. The van der Waals surface area contributed by atoms with E-state index in [9.17, 15) is 0 Å². The third-order valence-electron chi connectivity index (χ3n) is 17.6. The van der Waals surface area contributed by atoms with Crippen molar-refractivity contribution in [2.45, 2.75) is 5.41 Å². The highest BCUT2D eigenvalue weighted by molar-refractivity contribution is 6.33. The normalized spacial score (nSPS) is 13.0. The van der Waals surface area contributed by atoms with Crippen LogP contribution < -0.4 is 0 Å².